The Morgan fingerprint density at radius 2 is 1.73 bits per heavy atom. The van der Waals surface area contributed by atoms with E-state index in [9.17, 15) is 32.3 Å². The predicted molar refractivity (Wildman–Crippen MR) is 156 cm³/mol. The number of aromatic nitrogens is 1. The van der Waals surface area contributed by atoms with E-state index >= 15 is 0 Å². The average Bonchev–Trinajstić information content (AvgIpc) is 3.27. The quantitative estimate of drug-likeness (QED) is 0.315. The molecule has 10 nitrogen and oxygen atoms in total. The lowest BCUT2D eigenvalue weighted by Gasteiger charge is -2.31. The van der Waals surface area contributed by atoms with E-state index in [-0.39, 0.29) is 49.2 Å². The third-order valence-corrected chi connectivity index (χ3v) is 6.86. The van der Waals surface area contributed by atoms with Crippen LogP contribution in [0.5, 0.6) is 0 Å². The van der Waals surface area contributed by atoms with Crippen molar-refractivity contribution < 1.29 is 46.8 Å². The summed E-state index contributed by atoms with van der Waals surface area (Å²) in [6, 6.07) is 8.28. The van der Waals surface area contributed by atoms with Gasteiger partial charge in [0.25, 0.3) is 5.56 Å². The zero-order chi connectivity index (χ0) is 33.4. The van der Waals surface area contributed by atoms with Crippen LogP contribution in [0.1, 0.15) is 24.9 Å². The van der Waals surface area contributed by atoms with E-state index in [1.54, 1.807) is 25.1 Å². The number of nitrogens with zero attached hydrogens (tertiary/aromatic N) is 2. The van der Waals surface area contributed by atoms with Gasteiger partial charge in [-0.15, -0.1) is 0 Å². The molecule has 2 amide bonds. The molecule has 0 saturated carbocycles. The highest BCUT2D eigenvalue weighted by atomic mass is 19.1. The Morgan fingerprint density at radius 3 is 2.20 bits per heavy atom. The van der Waals surface area contributed by atoms with Crippen molar-refractivity contribution in [2.75, 3.05) is 39.2 Å². The van der Waals surface area contributed by atoms with Crippen molar-refractivity contribution in [3.63, 3.8) is 0 Å². The van der Waals surface area contributed by atoms with Crippen LogP contribution in [0.2, 0.25) is 0 Å². The number of aliphatic hydroxyl groups is 2. The normalized spacial score (nSPS) is 21.2. The first-order chi connectivity index (χ1) is 20.9. The summed E-state index contributed by atoms with van der Waals surface area (Å²) in [5.74, 6) is -2.91. The van der Waals surface area contributed by atoms with Crippen LogP contribution in [0.25, 0.3) is 0 Å². The smallest absolute Gasteiger partial charge is 0.274 e. The molecule has 44 heavy (non-hydrogen) atoms. The van der Waals surface area contributed by atoms with E-state index in [1.165, 1.54) is 54.2 Å². The summed E-state index contributed by atoms with van der Waals surface area (Å²) < 4.78 is 62.6. The number of hydrogen-bond donors (Lipinski definition) is 3. The molecule has 2 aliphatic rings. The largest absolute Gasteiger partial charge is 0.497 e. The van der Waals surface area contributed by atoms with Gasteiger partial charge < -0.3 is 34.9 Å². The molecule has 5 unspecified atom stereocenters. The maximum absolute atomic E-state index is 14.7. The molecule has 14 heteroatoms. The minimum Gasteiger partial charge on any atom is -0.497 e. The summed E-state index contributed by atoms with van der Waals surface area (Å²) in [5.41, 5.74) is 4.88. The van der Waals surface area contributed by atoms with Crippen LogP contribution < -0.4 is 16.2 Å². The number of amides is 2. The lowest BCUT2D eigenvalue weighted by atomic mass is 9.80. The van der Waals surface area contributed by atoms with Crippen molar-refractivity contribution in [1.29, 1.82) is 0 Å². The van der Waals surface area contributed by atoms with Crippen molar-refractivity contribution in [3.05, 3.63) is 88.1 Å². The molecule has 1 saturated heterocycles. The fourth-order valence-corrected chi connectivity index (χ4v) is 4.85. The molecule has 0 radical (unpaired) electrons. The summed E-state index contributed by atoms with van der Waals surface area (Å²) in [6.45, 7) is 2.15. The molecule has 2 aromatic rings. The maximum atomic E-state index is 14.7. The van der Waals surface area contributed by atoms with Gasteiger partial charge >= 0.3 is 0 Å². The number of aryl methyl sites for hydroxylation is 1. The number of pyridine rings is 1. The predicted octanol–water partition coefficient (Wildman–Crippen LogP) is 3.26. The van der Waals surface area contributed by atoms with E-state index in [2.05, 4.69) is 5.73 Å². The number of carbonyl (C=O) groups excluding carboxylic acids is 2. The number of hydrogen-bond acceptors (Lipinski definition) is 7. The molecule has 0 spiro atoms. The number of allylic oxidation sites excluding steroid dienone is 3. The first-order valence-corrected chi connectivity index (χ1v) is 13.4. The van der Waals surface area contributed by atoms with Crippen LogP contribution in [0, 0.1) is 24.6 Å². The molecule has 0 bridgehead atoms. The summed E-state index contributed by atoms with van der Waals surface area (Å²) in [4.78, 5) is 35.7. The lowest BCUT2D eigenvalue weighted by Crippen LogP contribution is -2.41. The van der Waals surface area contributed by atoms with Crippen molar-refractivity contribution in [2.24, 2.45) is 17.6 Å². The number of methoxy groups -OCH3 is 2. The van der Waals surface area contributed by atoms with Crippen LogP contribution in [0.4, 0.5) is 23.2 Å². The molecular weight excluding hydrogens is 590 g/mol. The summed E-state index contributed by atoms with van der Waals surface area (Å²) >= 11 is 0. The summed E-state index contributed by atoms with van der Waals surface area (Å²) in [7, 11) is 2.78. The molecule has 4 N–H and O–H groups in total. The van der Waals surface area contributed by atoms with Gasteiger partial charge in [-0.3, -0.25) is 14.4 Å². The standard InChI is InChI=1S/C21H26F2N2O5.C7H7F.CH3FO.CH3NO/c1-12-15(20-16(22)7-14(30-3)8-17(20)23)9-19(27)25(12)18-5-4-6-24(21(18)28)13(10-26)11-29-2;1-6-2-4-7(8)5-3-6;2*2-1-3/h4-8,12-13,15-16,20,26H,9-11H2,1-3H3;2-5H,1H3;3H,1H2;1H,(H2,2,3). The number of primary amides is 1. The Kier molecular flexibility index (Phi) is 16.7. The Balaban J connectivity index is 0.000000573. The zero-order valence-corrected chi connectivity index (χ0v) is 24.9. The molecule has 2 heterocycles. The Morgan fingerprint density at radius 1 is 1.14 bits per heavy atom. The van der Waals surface area contributed by atoms with Crippen molar-refractivity contribution in [3.8, 4) is 0 Å². The number of benzene rings is 1. The van der Waals surface area contributed by atoms with Crippen LogP contribution in [-0.4, -0.2) is 73.6 Å². The SMILES string of the molecule is COCC(CO)n1cccc(N2C(=O)CC(C3C(F)=CC(OC)=CC3F)C2C)c1=O.Cc1ccc(F)cc1.NC=O.OCF. The van der Waals surface area contributed by atoms with Crippen LogP contribution in [0.3, 0.4) is 0 Å². The third kappa shape index (κ3) is 10.3. The molecule has 5 atom stereocenters. The number of carbonyl (C=O) groups is 2. The van der Waals surface area contributed by atoms with Crippen molar-refractivity contribution in [1.82, 2.24) is 4.57 Å². The maximum Gasteiger partial charge on any atom is 0.274 e. The molecule has 1 aliphatic carbocycles. The number of rotatable bonds is 7. The highest BCUT2D eigenvalue weighted by molar-refractivity contribution is 5.96. The summed E-state index contributed by atoms with van der Waals surface area (Å²) in [6.07, 6.45) is 2.36. The second-order valence-electron chi connectivity index (χ2n) is 9.59. The molecule has 1 aromatic heterocycles. The minimum absolute atomic E-state index is 0.0838. The van der Waals surface area contributed by atoms with E-state index in [4.69, 9.17) is 19.4 Å². The van der Waals surface area contributed by atoms with Gasteiger partial charge in [0, 0.05) is 37.8 Å². The van der Waals surface area contributed by atoms with Gasteiger partial charge in [0.05, 0.1) is 32.3 Å². The minimum atomic E-state index is -1.64. The Hall–Kier alpha value is -4.01. The number of ether oxygens (including phenoxy) is 2. The van der Waals surface area contributed by atoms with Gasteiger partial charge in [-0.05, 0) is 44.2 Å². The van der Waals surface area contributed by atoms with E-state index in [0.29, 0.717) is 0 Å². The summed E-state index contributed by atoms with van der Waals surface area (Å²) in [5, 5.41) is 16.5. The van der Waals surface area contributed by atoms with E-state index < -0.39 is 48.3 Å². The number of alkyl halides is 2. The monoisotopic (exact) mass is 629 g/mol. The number of anilines is 1. The Bertz CT molecular complexity index is 1280. The topological polar surface area (TPSA) is 144 Å². The highest BCUT2D eigenvalue weighted by Crippen LogP contribution is 2.42. The van der Waals surface area contributed by atoms with Gasteiger partial charge in [-0.25, -0.2) is 17.6 Å². The van der Waals surface area contributed by atoms with Gasteiger partial charge in [0.2, 0.25) is 12.3 Å². The number of halogens is 4. The molecule has 244 valence electrons. The fraction of sp³-hybridized carbons (Fsp3) is 0.433. The molecule has 1 aliphatic heterocycles. The molecule has 4 rings (SSSR count). The van der Waals surface area contributed by atoms with Gasteiger partial charge in [0.1, 0.15) is 29.3 Å². The Labute approximate surface area is 253 Å². The van der Waals surface area contributed by atoms with E-state index in [0.717, 1.165) is 11.6 Å². The zero-order valence-electron chi connectivity index (χ0n) is 24.9. The van der Waals surface area contributed by atoms with Crippen molar-refractivity contribution in [2.45, 2.75) is 38.5 Å². The first kappa shape index (κ1) is 38.0. The van der Waals surface area contributed by atoms with Crippen LogP contribution >= 0.6 is 0 Å². The molecule has 1 fully saturated rings. The third-order valence-electron chi connectivity index (χ3n) is 6.86. The van der Waals surface area contributed by atoms with E-state index in [1.807, 2.05) is 6.92 Å². The lowest BCUT2D eigenvalue weighted by molar-refractivity contribution is -0.117. The van der Waals surface area contributed by atoms with Gasteiger partial charge in [-0.2, -0.15) is 0 Å². The van der Waals surface area contributed by atoms with Crippen LogP contribution in [0.15, 0.2) is 71.1 Å². The first-order valence-electron chi connectivity index (χ1n) is 13.4. The highest BCUT2D eigenvalue weighted by Gasteiger charge is 2.47. The molecular formula is C30H39F4N3O7. The second kappa shape index (κ2) is 19.3. The van der Waals surface area contributed by atoms with Crippen molar-refractivity contribution >= 4 is 18.0 Å². The van der Waals surface area contributed by atoms with Gasteiger partial charge in [0.15, 0.2) is 6.86 Å². The van der Waals surface area contributed by atoms with Gasteiger partial charge in [-0.1, -0.05) is 17.7 Å². The van der Waals surface area contributed by atoms with Crippen LogP contribution in [-0.2, 0) is 19.1 Å². The number of aliphatic hydroxyl groups excluding tert-OH is 2. The second-order valence-corrected chi connectivity index (χ2v) is 9.59. The average molecular weight is 630 g/mol. The fourth-order valence-electron chi connectivity index (χ4n) is 4.85. The molecule has 1 aromatic carbocycles. The number of nitrogens with two attached hydrogens (primary N) is 1.